The Kier molecular flexibility index (Phi) is 5.38. The standard InChI is InChI=1S/C14H14N4O2S4/c1-4-21-13-17-18-14(24-13)22-5-8-15-11(20)9-6(2)10(7(3)19)23-12(9)16-8/h4-5H2,1-3H3,(H,15,16,20). The van der Waals surface area contributed by atoms with Crippen LogP contribution in [-0.4, -0.2) is 31.7 Å². The van der Waals surface area contributed by atoms with Crippen molar-refractivity contribution in [2.75, 3.05) is 5.75 Å². The lowest BCUT2D eigenvalue weighted by Gasteiger charge is -1.99. The third-order valence-electron chi connectivity index (χ3n) is 3.16. The van der Waals surface area contributed by atoms with E-state index >= 15 is 0 Å². The monoisotopic (exact) mass is 398 g/mol. The van der Waals surface area contributed by atoms with E-state index in [1.165, 1.54) is 41.4 Å². The van der Waals surface area contributed by atoms with Crippen molar-refractivity contribution in [2.45, 2.75) is 35.2 Å². The number of thiophene rings is 1. The molecule has 0 fully saturated rings. The van der Waals surface area contributed by atoms with E-state index in [1.807, 2.05) is 0 Å². The van der Waals surface area contributed by atoms with Gasteiger partial charge in [-0.1, -0.05) is 41.8 Å². The van der Waals surface area contributed by atoms with Crippen LogP contribution in [0.3, 0.4) is 0 Å². The fourth-order valence-electron chi connectivity index (χ4n) is 2.16. The van der Waals surface area contributed by atoms with Gasteiger partial charge in [0.05, 0.1) is 16.0 Å². The molecule has 6 nitrogen and oxygen atoms in total. The molecule has 3 heterocycles. The second-order valence-corrected chi connectivity index (χ2v) is 9.57. The minimum absolute atomic E-state index is 0.0411. The third kappa shape index (κ3) is 3.56. The minimum atomic E-state index is -0.198. The largest absolute Gasteiger partial charge is 0.309 e. The summed E-state index contributed by atoms with van der Waals surface area (Å²) in [4.78, 5) is 32.5. The van der Waals surface area contributed by atoms with E-state index in [-0.39, 0.29) is 11.3 Å². The van der Waals surface area contributed by atoms with Gasteiger partial charge >= 0.3 is 0 Å². The number of thioether (sulfide) groups is 2. The minimum Gasteiger partial charge on any atom is -0.309 e. The van der Waals surface area contributed by atoms with Crippen molar-refractivity contribution in [1.29, 1.82) is 0 Å². The Hall–Kier alpha value is -1.23. The highest BCUT2D eigenvalue weighted by atomic mass is 32.2. The number of rotatable bonds is 6. The summed E-state index contributed by atoms with van der Waals surface area (Å²) >= 11 is 5.96. The molecular weight excluding hydrogens is 384 g/mol. The average molecular weight is 399 g/mol. The molecule has 0 radical (unpaired) electrons. The van der Waals surface area contributed by atoms with Crippen molar-refractivity contribution < 1.29 is 4.79 Å². The van der Waals surface area contributed by atoms with E-state index in [2.05, 4.69) is 27.1 Å². The Morgan fingerprint density at radius 3 is 2.58 bits per heavy atom. The van der Waals surface area contributed by atoms with Gasteiger partial charge in [0.2, 0.25) is 0 Å². The van der Waals surface area contributed by atoms with E-state index in [0.717, 1.165) is 14.4 Å². The van der Waals surface area contributed by atoms with Gasteiger partial charge in [0.25, 0.3) is 5.56 Å². The maximum absolute atomic E-state index is 12.3. The van der Waals surface area contributed by atoms with Crippen molar-refractivity contribution in [3.8, 4) is 0 Å². The first-order valence-corrected chi connectivity index (χ1v) is 10.7. The summed E-state index contributed by atoms with van der Waals surface area (Å²) in [5.74, 6) is 2.00. The first-order chi connectivity index (χ1) is 11.5. The third-order valence-corrected chi connectivity index (χ3v) is 7.53. The van der Waals surface area contributed by atoms with E-state index in [9.17, 15) is 9.59 Å². The number of fused-ring (bicyclic) bond motifs is 1. The van der Waals surface area contributed by atoms with Crippen molar-refractivity contribution in [3.05, 3.63) is 26.6 Å². The number of hydrogen-bond donors (Lipinski definition) is 1. The van der Waals surface area contributed by atoms with Crippen molar-refractivity contribution in [1.82, 2.24) is 20.2 Å². The summed E-state index contributed by atoms with van der Waals surface area (Å²) in [7, 11) is 0. The highest BCUT2D eigenvalue weighted by Gasteiger charge is 2.17. The molecule has 3 aromatic rings. The van der Waals surface area contributed by atoms with Crippen LogP contribution in [0, 0.1) is 6.92 Å². The van der Waals surface area contributed by atoms with Gasteiger partial charge < -0.3 is 4.98 Å². The van der Waals surface area contributed by atoms with Gasteiger partial charge in [-0.2, -0.15) is 0 Å². The predicted octanol–water partition coefficient (Wildman–Crippen LogP) is 3.75. The Bertz CT molecular complexity index is 959. The topological polar surface area (TPSA) is 88.6 Å². The maximum atomic E-state index is 12.3. The molecule has 0 spiro atoms. The molecule has 0 aliphatic rings. The number of aryl methyl sites for hydroxylation is 1. The SMILES string of the molecule is CCSc1nnc(SCc2nc3sc(C(C)=O)c(C)c3c(=O)[nH]2)s1. The zero-order valence-electron chi connectivity index (χ0n) is 13.2. The molecule has 10 heteroatoms. The fraction of sp³-hybridized carbons (Fsp3) is 0.357. The van der Waals surface area contributed by atoms with Crippen LogP contribution in [0.15, 0.2) is 13.5 Å². The number of aromatic amines is 1. The molecule has 0 aromatic carbocycles. The van der Waals surface area contributed by atoms with Gasteiger partial charge in [0, 0.05) is 0 Å². The van der Waals surface area contributed by atoms with Crippen LogP contribution in [0.2, 0.25) is 0 Å². The molecule has 0 aliphatic heterocycles. The number of ketones is 1. The molecule has 0 amide bonds. The van der Waals surface area contributed by atoms with Gasteiger partial charge in [-0.25, -0.2) is 4.98 Å². The van der Waals surface area contributed by atoms with Gasteiger partial charge in [-0.3, -0.25) is 9.59 Å². The second-order valence-electron chi connectivity index (χ2n) is 4.86. The summed E-state index contributed by atoms with van der Waals surface area (Å²) in [5.41, 5.74) is 0.511. The summed E-state index contributed by atoms with van der Waals surface area (Å²) < 4.78 is 1.79. The lowest BCUT2D eigenvalue weighted by molar-refractivity contribution is 0.102. The smallest absolute Gasteiger partial charge is 0.259 e. The van der Waals surface area contributed by atoms with Crippen LogP contribution < -0.4 is 5.56 Å². The van der Waals surface area contributed by atoms with Crippen LogP contribution in [0.4, 0.5) is 0 Å². The average Bonchev–Trinajstić information content (AvgIpc) is 3.10. The zero-order valence-corrected chi connectivity index (χ0v) is 16.5. The van der Waals surface area contributed by atoms with E-state index in [1.54, 1.807) is 18.7 Å². The van der Waals surface area contributed by atoms with E-state index in [4.69, 9.17) is 0 Å². The maximum Gasteiger partial charge on any atom is 0.259 e. The Morgan fingerprint density at radius 2 is 1.92 bits per heavy atom. The van der Waals surface area contributed by atoms with Crippen molar-refractivity contribution >= 4 is 62.2 Å². The number of carbonyl (C=O) groups is 1. The molecule has 0 aliphatic carbocycles. The van der Waals surface area contributed by atoms with Gasteiger partial charge in [-0.15, -0.1) is 21.5 Å². The number of aromatic nitrogens is 4. The second kappa shape index (κ2) is 7.34. The number of hydrogen-bond acceptors (Lipinski definition) is 9. The molecule has 0 bridgehead atoms. The Morgan fingerprint density at radius 1 is 1.21 bits per heavy atom. The molecule has 3 aromatic heterocycles. The number of nitrogens with one attached hydrogen (secondary N) is 1. The molecule has 0 unspecified atom stereocenters. The van der Waals surface area contributed by atoms with Crippen LogP contribution in [0.5, 0.6) is 0 Å². The summed E-state index contributed by atoms with van der Waals surface area (Å²) in [5, 5.41) is 8.74. The molecule has 0 atom stereocenters. The lowest BCUT2D eigenvalue weighted by Crippen LogP contribution is -2.11. The van der Waals surface area contributed by atoms with Crippen molar-refractivity contribution in [2.24, 2.45) is 0 Å². The van der Waals surface area contributed by atoms with Gasteiger partial charge in [-0.05, 0) is 25.2 Å². The fourth-order valence-corrected chi connectivity index (χ4v) is 6.04. The van der Waals surface area contributed by atoms with Gasteiger partial charge in [0.1, 0.15) is 10.7 Å². The van der Waals surface area contributed by atoms with Crippen LogP contribution in [0.1, 0.15) is 34.9 Å². The molecule has 0 saturated heterocycles. The lowest BCUT2D eigenvalue weighted by atomic mass is 10.2. The molecule has 126 valence electrons. The summed E-state index contributed by atoms with van der Waals surface area (Å²) in [6.07, 6.45) is 0. The molecule has 1 N–H and O–H groups in total. The number of Topliss-reactive ketones (excluding diaryl/α,β-unsaturated/α-hetero) is 1. The quantitative estimate of drug-likeness (QED) is 0.499. The van der Waals surface area contributed by atoms with Crippen LogP contribution in [-0.2, 0) is 5.75 Å². The molecule has 3 rings (SSSR count). The number of carbonyl (C=O) groups excluding carboxylic acids is 1. The predicted molar refractivity (Wildman–Crippen MR) is 101 cm³/mol. The summed E-state index contributed by atoms with van der Waals surface area (Å²) in [6, 6.07) is 0. The van der Waals surface area contributed by atoms with E-state index in [0.29, 0.717) is 32.2 Å². The molecule has 24 heavy (non-hydrogen) atoms. The Balaban J connectivity index is 1.84. The molecular formula is C14H14N4O2S4. The first kappa shape index (κ1) is 17.6. The van der Waals surface area contributed by atoms with E-state index < -0.39 is 0 Å². The Labute approximate surface area is 154 Å². The number of H-pyrrole nitrogens is 1. The zero-order chi connectivity index (χ0) is 17.3. The van der Waals surface area contributed by atoms with Crippen molar-refractivity contribution in [3.63, 3.8) is 0 Å². The first-order valence-electron chi connectivity index (χ1n) is 7.12. The van der Waals surface area contributed by atoms with Crippen LogP contribution >= 0.6 is 46.2 Å². The molecule has 0 saturated carbocycles. The van der Waals surface area contributed by atoms with Crippen LogP contribution in [0.25, 0.3) is 10.2 Å². The normalized spacial score (nSPS) is 11.3. The highest BCUT2D eigenvalue weighted by molar-refractivity contribution is 8.02. The highest BCUT2D eigenvalue weighted by Crippen LogP contribution is 2.31. The van der Waals surface area contributed by atoms with Gasteiger partial charge in [0.15, 0.2) is 14.5 Å². The summed E-state index contributed by atoms with van der Waals surface area (Å²) in [6.45, 7) is 5.36. The number of nitrogens with zero attached hydrogens (tertiary/aromatic N) is 3.